The first-order valence-electron chi connectivity index (χ1n) is 4.56. The zero-order chi connectivity index (χ0) is 11.0. The van der Waals surface area contributed by atoms with Crippen LogP contribution in [0.4, 0.5) is 4.39 Å². The maximum atomic E-state index is 13.6. The van der Waals surface area contributed by atoms with Gasteiger partial charge >= 0.3 is 0 Å². The van der Waals surface area contributed by atoms with Crippen LogP contribution >= 0.6 is 15.9 Å². The SMILES string of the molecule is Cc1cnc(-c2c(F)ccc(C)c2Br)[nH]1. The summed E-state index contributed by atoms with van der Waals surface area (Å²) in [7, 11) is 0. The van der Waals surface area contributed by atoms with Gasteiger partial charge in [-0.2, -0.15) is 0 Å². The fourth-order valence-electron chi connectivity index (χ4n) is 1.41. The number of halogens is 2. The van der Waals surface area contributed by atoms with E-state index in [4.69, 9.17) is 0 Å². The van der Waals surface area contributed by atoms with Gasteiger partial charge in [0, 0.05) is 16.4 Å². The minimum absolute atomic E-state index is 0.276. The summed E-state index contributed by atoms with van der Waals surface area (Å²) >= 11 is 3.38. The van der Waals surface area contributed by atoms with Crippen LogP contribution < -0.4 is 0 Å². The lowest BCUT2D eigenvalue weighted by atomic mass is 10.1. The first kappa shape index (κ1) is 10.4. The van der Waals surface area contributed by atoms with Gasteiger partial charge in [0.05, 0.1) is 5.56 Å². The molecule has 0 amide bonds. The maximum absolute atomic E-state index is 13.6. The van der Waals surface area contributed by atoms with Gasteiger partial charge in [-0.05, 0) is 41.4 Å². The van der Waals surface area contributed by atoms with E-state index in [1.165, 1.54) is 6.07 Å². The van der Waals surface area contributed by atoms with Crippen molar-refractivity contribution in [3.63, 3.8) is 0 Å². The van der Waals surface area contributed by atoms with E-state index < -0.39 is 0 Å². The van der Waals surface area contributed by atoms with Crippen LogP contribution in [0.1, 0.15) is 11.3 Å². The smallest absolute Gasteiger partial charge is 0.141 e. The quantitative estimate of drug-likeness (QED) is 0.841. The average molecular weight is 269 g/mol. The molecule has 15 heavy (non-hydrogen) atoms. The number of aryl methyl sites for hydroxylation is 2. The Kier molecular flexibility index (Phi) is 2.61. The number of rotatable bonds is 1. The summed E-state index contributed by atoms with van der Waals surface area (Å²) in [6, 6.07) is 3.19. The van der Waals surface area contributed by atoms with Crippen LogP contribution in [0.5, 0.6) is 0 Å². The number of hydrogen-bond acceptors (Lipinski definition) is 1. The molecule has 1 N–H and O–H groups in total. The monoisotopic (exact) mass is 268 g/mol. The highest BCUT2D eigenvalue weighted by Crippen LogP contribution is 2.31. The molecule has 0 unspecified atom stereocenters. The molecule has 2 rings (SSSR count). The van der Waals surface area contributed by atoms with Crippen molar-refractivity contribution in [2.24, 2.45) is 0 Å². The Hall–Kier alpha value is -1.16. The van der Waals surface area contributed by atoms with E-state index in [0.717, 1.165) is 15.7 Å². The van der Waals surface area contributed by atoms with Gasteiger partial charge in [-0.3, -0.25) is 0 Å². The van der Waals surface area contributed by atoms with Crippen LogP contribution in [0.15, 0.2) is 22.8 Å². The van der Waals surface area contributed by atoms with Gasteiger partial charge in [0.1, 0.15) is 11.6 Å². The van der Waals surface area contributed by atoms with Gasteiger partial charge in [-0.1, -0.05) is 6.07 Å². The van der Waals surface area contributed by atoms with E-state index in [9.17, 15) is 4.39 Å². The molecule has 4 heteroatoms. The Labute approximate surface area is 95.7 Å². The van der Waals surface area contributed by atoms with Crippen molar-refractivity contribution in [3.05, 3.63) is 39.9 Å². The number of aromatic nitrogens is 2. The highest BCUT2D eigenvalue weighted by atomic mass is 79.9. The lowest BCUT2D eigenvalue weighted by Crippen LogP contribution is -1.91. The number of H-pyrrole nitrogens is 1. The molecule has 0 spiro atoms. The van der Waals surface area contributed by atoms with E-state index in [1.807, 2.05) is 13.8 Å². The van der Waals surface area contributed by atoms with E-state index >= 15 is 0 Å². The first-order chi connectivity index (χ1) is 7.09. The van der Waals surface area contributed by atoms with Gasteiger partial charge in [-0.15, -0.1) is 0 Å². The Morgan fingerprint density at radius 3 is 2.67 bits per heavy atom. The first-order valence-corrected chi connectivity index (χ1v) is 5.35. The molecule has 0 fully saturated rings. The average Bonchev–Trinajstić information content (AvgIpc) is 2.59. The number of aromatic amines is 1. The molecule has 1 aromatic heterocycles. The molecule has 0 aliphatic heterocycles. The third-order valence-corrected chi connectivity index (χ3v) is 3.25. The van der Waals surface area contributed by atoms with Gasteiger partial charge in [-0.25, -0.2) is 9.37 Å². The Morgan fingerprint density at radius 2 is 2.07 bits per heavy atom. The van der Waals surface area contributed by atoms with Gasteiger partial charge < -0.3 is 4.98 Å². The summed E-state index contributed by atoms with van der Waals surface area (Å²) in [6.07, 6.45) is 1.68. The zero-order valence-electron chi connectivity index (χ0n) is 8.44. The number of hydrogen-bond donors (Lipinski definition) is 1. The lowest BCUT2D eigenvalue weighted by molar-refractivity contribution is 0.629. The standard InChI is InChI=1S/C11H10BrFN2/c1-6-3-4-8(13)9(10(6)12)11-14-5-7(2)15-11/h3-5H,1-2H3,(H,14,15). The predicted molar refractivity (Wildman–Crippen MR) is 61.2 cm³/mol. The number of nitrogens with zero attached hydrogens (tertiary/aromatic N) is 1. The molecule has 0 saturated carbocycles. The van der Waals surface area contributed by atoms with Crippen molar-refractivity contribution in [1.29, 1.82) is 0 Å². The Morgan fingerprint density at radius 1 is 1.33 bits per heavy atom. The summed E-state index contributed by atoms with van der Waals surface area (Å²) in [4.78, 5) is 7.14. The maximum Gasteiger partial charge on any atom is 0.141 e. The molecular weight excluding hydrogens is 259 g/mol. The molecule has 78 valence electrons. The summed E-state index contributed by atoms with van der Waals surface area (Å²) in [6.45, 7) is 3.81. The molecule has 0 atom stereocenters. The largest absolute Gasteiger partial charge is 0.342 e. The number of nitrogens with one attached hydrogen (secondary N) is 1. The van der Waals surface area contributed by atoms with E-state index in [-0.39, 0.29) is 5.82 Å². The third kappa shape index (κ3) is 1.81. The van der Waals surface area contributed by atoms with Crippen molar-refractivity contribution in [1.82, 2.24) is 9.97 Å². The highest BCUT2D eigenvalue weighted by Gasteiger charge is 2.13. The molecule has 0 aliphatic carbocycles. The molecule has 0 radical (unpaired) electrons. The number of imidazole rings is 1. The fraction of sp³-hybridized carbons (Fsp3) is 0.182. The third-order valence-electron chi connectivity index (χ3n) is 2.22. The minimum Gasteiger partial charge on any atom is -0.342 e. The van der Waals surface area contributed by atoms with Crippen molar-refractivity contribution < 1.29 is 4.39 Å². The minimum atomic E-state index is -0.276. The molecule has 1 aromatic carbocycles. The van der Waals surface area contributed by atoms with Crippen LogP contribution in [-0.2, 0) is 0 Å². The molecule has 0 aliphatic rings. The molecule has 2 aromatic rings. The van der Waals surface area contributed by atoms with Crippen molar-refractivity contribution in [2.45, 2.75) is 13.8 Å². The highest BCUT2D eigenvalue weighted by molar-refractivity contribution is 9.10. The Balaban J connectivity index is 2.66. The van der Waals surface area contributed by atoms with Crippen LogP contribution in [0.25, 0.3) is 11.4 Å². The zero-order valence-corrected chi connectivity index (χ0v) is 10.0. The number of benzene rings is 1. The predicted octanol–water partition coefficient (Wildman–Crippen LogP) is 3.60. The summed E-state index contributed by atoms with van der Waals surface area (Å²) in [5.41, 5.74) is 2.39. The molecule has 2 nitrogen and oxygen atoms in total. The molecule has 0 saturated heterocycles. The van der Waals surface area contributed by atoms with Gasteiger partial charge in [0.15, 0.2) is 0 Å². The summed E-state index contributed by atoms with van der Waals surface area (Å²) in [5, 5.41) is 0. The van der Waals surface area contributed by atoms with Crippen molar-refractivity contribution in [3.8, 4) is 11.4 Å². The van der Waals surface area contributed by atoms with E-state index in [2.05, 4.69) is 25.9 Å². The van der Waals surface area contributed by atoms with Crippen molar-refractivity contribution in [2.75, 3.05) is 0 Å². The van der Waals surface area contributed by atoms with E-state index in [0.29, 0.717) is 11.4 Å². The second-order valence-corrected chi connectivity index (χ2v) is 4.26. The van der Waals surface area contributed by atoms with Gasteiger partial charge in [0.2, 0.25) is 0 Å². The summed E-state index contributed by atoms with van der Waals surface area (Å²) in [5.74, 6) is 0.280. The van der Waals surface area contributed by atoms with Crippen LogP contribution in [-0.4, -0.2) is 9.97 Å². The molecule has 0 bridgehead atoms. The normalized spacial score (nSPS) is 10.7. The molecular formula is C11H10BrFN2. The fourth-order valence-corrected chi connectivity index (χ4v) is 1.92. The lowest BCUT2D eigenvalue weighted by Gasteiger charge is -2.05. The van der Waals surface area contributed by atoms with E-state index in [1.54, 1.807) is 12.3 Å². The second-order valence-electron chi connectivity index (χ2n) is 3.47. The Bertz CT molecular complexity index is 505. The van der Waals surface area contributed by atoms with Crippen LogP contribution in [0.3, 0.4) is 0 Å². The van der Waals surface area contributed by atoms with Crippen LogP contribution in [0, 0.1) is 19.7 Å². The van der Waals surface area contributed by atoms with Gasteiger partial charge in [0.25, 0.3) is 0 Å². The topological polar surface area (TPSA) is 28.7 Å². The second kappa shape index (κ2) is 3.77. The molecule has 1 heterocycles. The van der Waals surface area contributed by atoms with Crippen molar-refractivity contribution >= 4 is 15.9 Å². The summed E-state index contributed by atoms with van der Waals surface area (Å²) < 4.78 is 14.4. The van der Waals surface area contributed by atoms with Crippen LogP contribution in [0.2, 0.25) is 0 Å².